The van der Waals surface area contributed by atoms with Gasteiger partial charge in [-0.1, -0.05) is 11.6 Å². The van der Waals surface area contributed by atoms with Crippen LogP contribution in [0, 0.1) is 0 Å². The molecule has 24 heavy (non-hydrogen) atoms. The van der Waals surface area contributed by atoms with Crippen LogP contribution in [0.25, 0.3) is 0 Å². The van der Waals surface area contributed by atoms with Gasteiger partial charge in [0, 0.05) is 31.2 Å². The average Bonchev–Trinajstić information content (AvgIpc) is 2.71. The van der Waals surface area contributed by atoms with E-state index in [0.29, 0.717) is 22.8 Å². The van der Waals surface area contributed by atoms with E-state index in [4.69, 9.17) is 16.3 Å². The van der Waals surface area contributed by atoms with Gasteiger partial charge in [0.1, 0.15) is 11.4 Å². The minimum atomic E-state index is -0.553. The second-order valence-electron chi connectivity index (χ2n) is 7.66. The third kappa shape index (κ3) is 3.75. The molecule has 2 atom stereocenters. The first-order valence-electron chi connectivity index (χ1n) is 8.35. The molecule has 2 saturated heterocycles. The van der Waals surface area contributed by atoms with Gasteiger partial charge in [0.2, 0.25) is 0 Å². The average molecular weight is 353 g/mol. The summed E-state index contributed by atoms with van der Waals surface area (Å²) in [6, 6.07) is 2.79. The predicted molar refractivity (Wildman–Crippen MR) is 95.9 cm³/mol. The molecule has 7 heteroatoms. The summed E-state index contributed by atoms with van der Waals surface area (Å²) >= 11 is 6.20. The molecule has 1 aromatic heterocycles. The molecule has 0 radical (unpaired) electrons. The minimum Gasteiger partial charge on any atom is -0.444 e. The number of hydrogen-bond donors (Lipinski definition) is 1. The smallest absolute Gasteiger partial charge is 0.412 e. The molecule has 2 bridgehead atoms. The molecular weight excluding hydrogens is 328 g/mol. The van der Waals surface area contributed by atoms with E-state index in [2.05, 4.69) is 27.1 Å². The van der Waals surface area contributed by atoms with E-state index in [-0.39, 0.29) is 0 Å². The highest BCUT2D eigenvalue weighted by molar-refractivity contribution is 6.33. The first-order valence-corrected chi connectivity index (χ1v) is 8.73. The van der Waals surface area contributed by atoms with Gasteiger partial charge in [-0.2, -0.15) is 0 Å². The zero-order valence-electron chi connectivity index (χ0n) is 14.7. The van der Waals surface area contributed by atoms with Crippen LogP contribution in [0.2, 0.25) is 5.02 Å². The van der Waals surface area contributed by atoms with E-state index in [1.165, 1.54) is 12.8 Å². The number of amides is 1. The Morgan fingerprint density at radius 1 is 1.33 bits per heavy atom. The van der Waals surface area contributed by atoms with E-state index in [0.717, 1.165) is 18.9 Å². The molecule has 1 N–H and O–H groups in total. The SMILES string of the molecule is CN1CC2CC[C@H](C1)N2c1cc(NC(=O)OC(C)(C)C)c(Cl)cn1. The lowest BCUT2D eigenvalue weighted by Gasteiger charge is -2.40. The first kappa shape index (κ1) is 17.3. The van der Waals surface area contributed by atoms with Crippen molar-refractivity contribution in [1.82, 2.24) is 9.88 Å². The molecule has 0 saturated carbocycles. The fourth-order valence-corrected chi connectivity index (χ4v) is 3.72. The molecule has 2 aliphatic rings. The number of fused-ring (bicyclic) bond motifs is 2. The minimum absolute atomic E-state index is 0.408. The van der Waals surface area contributed by atoms with Crippen molar-refractivity contribution in [3.63, 3.8) is 0 Å². The number of nitrogens with zero attached hydrogens (tertiary/aromatic N) is 3. The topological polar surface area (TPSA) is 57.7 Å². The molecule has 0 aliphatic carbocycles. The van der Waals surface area contributed by atoms with E-state index in [1.807, 2.05) is 26.8 Å². The van der Waals surface area contributed by atoms with Gasteiger partial charge in [0.05, 0.1) is 16.9 Å². The lowest BCUT2D eigenvalue weighted by molar-refractivity contribution is 0.0636. The highest BCUT2D eigenvalue weighted by Gasteiger charge is 2.39. The van der Waals surface area contributed by atoms with Crippen molar-refractivity contribution < 1.29 is 9.53 Å². The number of aromatic nitrogens is 1. The van der Waals surface area contributed by atoms with Crippen molar-refractivity contribution in [3.05, 3.63) is 17.3 Å². The standard InChI is InChI=1S/C17H25ClN4O2/c1-17(2,3)24-16(23)20-14-7-15(19-8-13(14)18)22-11-5-6-12(22)10-21(4)9-11/h7-8,11-12H,5-6,9-10H2,1-4H3,(H,19,20,23)/t11-,12?/m1/s1. The van der Waals surface area contributed by atoms with Crippen LogP contribution in [0.5, 0.6) is 0 Å². The van der Waals surface area contributed by atoms with Crippen LogP contribution in [0.1, 0.15) is 33.6 Å². The Morgan fingerprint density at radius 2 is 1.96 bits per heavy atom. The lowest BCUT2D eigenvalue weighted by atomic mass is 10.2. The number of nitrogens with one attached hydrogen (secondary N) is 1. The van der Waals surface area contributed by atoms with Crippen LogP contribution in [-0.2, 0) is 4.74 Å². The summed E-state index contributed by atoms with van der Waals surface area (Å²) in [6.45, 7) is 7.56. The Balaban J connectivity index is 1.78. The number of likely N-dealkylation sites (tertiary alicyclic amines) is 1. The lowest BCUT2D eigenvalue weighted by Crippen LogP contribution is -2.52. The molecule has 1 amide bonds. The molecule has 0 aromatic carbocycles. The summed E-state index contributed by atoms with van der Waals surface area (Å²) in [7, 11) is 2.16. The Kier molecular flexibility index (Phi) is 4.62. The molecule has 0 spiro atoms. The fraction of sp³-hybridized carbons (Fsp3) is 0.647. The second-order valence-corrected chi connectivity index (χ2v) is 8.07. The van der Waals surface area contributed by atoms with E-state index >= 15 is 0 Å². The molecule has 1 aromatic rings. The van der Waals surface area contributed by atoms with Crippen LogP contribution in [0.3, 0.4) is 0 Å². The highest BCUT2D eigenvalue weighted by Crippen LogP contribution is 2.35. The first-order chi connectivity index (χ1) is 11.2. The summed E-state index contributed by atoms with van der Waals surface area (Å²) in [5.41, 5.74) is -0.0163. The zero-order chi connectivity index (χ0) is 17.5. The number of likely N-dealkylation sites (N-methyl/N-ethyl adjacent to an activating group) is 1. The molecule has 3 rings (SSSR count). The normalized spacial score (nSPS) is 24.1. The largest absolute Gasteiger partial charge is 0.444 e. The number of anilines is 2. The monoisotopic (exact) mass is 352 g/mol. The maximum absolute atomic E-state index is 12.0. The number of hydrogen-bond acceptors (Lipinski definition) is 5. The molecule has 2 fully saturated rings. The van der Waals surface area contributed by atoms with Gasteiger partial charge >= 0.3 is 6.09 Å². The summed E-state index contributed by atoms with van der Waals surface area (Å²) in [4.78, 5) is 21.3. The molecule has 1 unspecified atom stereocenters. The van der Waals surface area contributed by atoms with Gasteiger partial charge in [-0.05, 0) is 40.7 Å². The number of rotatable bonds is 2. The van der Waals surface area contributed by atoms with Crippen LogP contribution >= 0.6 is 11.6 Å². The van der Waals surface area contributed by atoms with Crippen molar-refractivity contribution >= 4 is 29.2 Å². The van der Waals surface area contributed by atoms with Crippen molar-refractivity contribution in [3.8, 4) is 0 Å². The number of pyridine rings is 1. The maximum Gasteiger partial charge on any atom is 0.412 e. The summed E-state index contributed by atoms with van der Waals surface area (Å²) in [5.74, 6) is 0.867. The maximum atomic E-state index is 12.0. The molecular formula is C17H25ClN4O2. The van der Waals surface area contributed by atoms with Crippen molar-refractivity contribution in [2.45, 2.75) is 51.3 Å². The second kappa shape index (κ2) is 6.41. The molecule has 2 aliphatic heterocycles. The van der Waals surface area contributed by atoms with Gasteiger partial charge in [0.25, 0.3) is 0 Å². The van der Waals surface area contributed by atoms with Crippen LogP contribution in [-0.4, -0.2) is 53.8 Å². The third-order valence-electron chi connectivity index (χ3n) is 4.41. The number of piperazine rings is 1. The van der Waals surface area contributed by atoms with Gasteiger partial charge in [-0.3, -0.25) is 5.32 Å². The fourth-order valence-electron chi connectivity index (χ4n) is 3.57. The quantitative estimate of drug-likeness (QED) is 0.884. The number of carbonyl (C=O) groups excluding carboxylic acids is 1. The Bertz CT molecular complexity index is 618. The number of ether oxygens (including phenoxy) is 1. The van der Waals surface area contributed by atoms with Gasteiger partial charge in [-0.15, -0.1) is 0 Å². The number of carbonyl (C=O) groups is 1. The summed E-state index contributed by atoms with van der Waals surface area (Å²) in [6.07, 6.45) is 3.44. The van der Waals surface area contributed by atoms with Crippen LogP contribution in [0.15, 0.2) is 12.3 Å². The molecule has 6 nitrogen and oxygen atoms in total. The van der Waals surface area contributed by atoms with E-state index < -0.39 is 11.7 Å². The van der Waals surface area contributed by atoms with Crippen molar-refractivity contribution in [2.75, 3.05) is 30.4 Å². The van der Waals surface area contributed by atoms with E-state index in [1.54, 1.807) is 6.20 Å². The van der Waals surface area contributed by atoms with Gasteiger partial charge in [0.15, 0.2) is 0 Å². The third-order valence-corrected chi connectivity index (χ3v) is 4.71. The highest BCUT2D eigenvalue weighted by atomic mass is 35.5. The Morgan fingerprint density at radius 3 is 2.54 bits per heavy atom. The van der Waals surface area contributed by atoms with Crippen molar-refractivity contribution in [2.24, 2.45) is 0 Å². The Hall–Kier alpha value is -1.53. The van der Waals surface area contributed by atoms with Crippen LogP contribution in [0.4, 0.5) is 16.3 Å². The summed E-state index contributed by atoms with van der Waals surface area (Å²) in [5, 5.41) is 3.14. The van der Waals surface area contributed by atoms with Gasteiger partial charge in [-0.25, -0.2) is 9.78 Å². The van der Waals surface area contributed by atoms with E-state index in [9.17, 15) is 4.79 Å². The predicted octanol–water partition coefficient (Wildman–Crippen LogP) is 3.36. The van der Waals surface area contributed by atoms with Crippen LogP contribution < -0.4 is 10.2 Å². The number of halogens is 1. The van der Waals surface area contributed by atoms with Gasteiger partial charge < -0.3 is 14.5 Å². The summed E-state index contributed by atoms with van der Waals surface area (Å²) < 4.78 is 5.30. The van der Waals surface area contributed by atoms with Crippen molar-refractivity contribution in [1.29, 1.82) is 0 Å². The molecule has 132 valence electrons. The zero-order valence-corrected chi connectivity index (χ0v) is 15.4. The Labute approximate surface area is 148 Å². The molecule has 3 heterocycles.